The molecule has 0 fully saturated rings. The van der Waals surface area contributed by atoms with E-state index in [2.05, 4.69) is 5.32 Å². The SMILES string of the molecule is CC(N)CNC(=O)CCc1ccco1. The minimum Gasteiger partial charge on any atom is -0.469 e. The van der Waals surface area contributed by atoms with E-state index in [1.807, 2.05) is 19.1 Å². The fraction of sp³-hybridized carbons (Fsp3) is 0.500. The van der Waals surface area contributed by atoms with E-state index in [1.165, 1.54) is 0 Å². The summed E-state index contributed by atoms with van der Waals surface area (Å²) in [5, 5.41) is 2.74. The lowest BCUT2D eigenvalue weighted by atomic mass is 10.2. The number of furan rings is 1. The number of amides is 1. The fourth-order valence-electron chi connectivity index (χ4n) is 1.05. The number of rotatable bonds is 5. The molecule has 1 aromatic heterocycles. The van der Waals surface area contributed by atoms with Crippen molar-refractivity contribution < 1.29 is 9.21 Å². The molecule has 14 heavy (non-hydrogen) atoms. The molecule has 4 nitrogen and oxygen atoms in total. The van der Waals surface area contributed by atoms with Gasteiger partial charge in [0.15, 0.2) is 0 Å². The highest BCUT2D eigenvalue weighted by atomic mass is 16.3. The third-order valence-electron chi connectivity index (χ3n) is 1.80. The number of nitrogens with one attached hydrogen (secondary N) is 1. The van der Waals surface area contributed by atoms with Crippen molar-refractivity contribution in [2.45, 2.75) is 25.8 Å². The molecule has 1 aromatic rings. The first-order chi connectivity index (χ1) is 6.68. The minimum absolute atomic E-state index is 0.00237. The van der Waals surface area contributed by atoms with Crippen molar-refractivity contribution in [2.24, 2.45) is 5.73 Å². The van der Waals surface area contributed by atoms with Crippen LogP contribution >= 0.6 is 0 Å². The first-order valence-corrected chi connectivity index (χ1v) is 4.73. The Kier molecular flexibility index (Phi) is 4.19. The third kappa shape index (κ3) is 4.09. The number of hydrogen-bond donors (Lipinski definition) is 2. The predicted octanol–water partition coefficient (Wildman–Crippen LogP) is 0.676. The topological polar surface area (TPSA) is 68.3 Å². The predicted molar refractivity (Wildman–Crippen MR) is 53.7 cm³/mol. The van der Waals surface area contributed by atoms with Crippen molar-refractivity contribution in [3.05, 3.63) is 24.2 Å². The van der Waals surface area contributed by atoms with Gasteiger partial charge in [0.05, 0.1) is 6.26 Å². The molecule has 0 aliphatic rings. The van der Waals surface area contributed by atoms with E-state index in [-0.39, 0.29) is 11.9 Å². The van der Waals surface area contributed by atoms with Crippen LogP contribution in [0.3, 0.4) is 0 Å². The van der Waals surface area contributed by atoms with Crippen LogP contribution in [0.4, 0.5) is 0 Å². The van der Waals surface area contributed by atoms with Gasteiger partial charge in [-0.3, -0.25) is 4.79 Å². The average molecular weight is 196 g/mol. The summed E-state index contributed by atoms with van der Waals surface area (Å²) in [6.07, 6.45) is 2.69. The smallest absolute Gasteiger partial charge is 0.220 e. The second kappa shape index (κ2) is 5.44. The lowest BCUT2D eigenvalue weighted by Crippen LogP contribution is -2.35. The van der Waals surface area contributed by atoms with Crippen LogP contribution in [0.1, 0.15) is 19.1 Å². The quantitative estimate of drug-likeness (QED) is 0.727. The molecule has 0 aromatic carbocycles. The maximum absolute atomic E-state index is 11.2. The highest BCUT2D eigenvalue weighted by molar-refractivity contribution is 5.76. The summed E-state index contributed by atoms with van der Waals surface area (Å²) in [6, 6.07) is 3.68. The molecule has 4 heteroatoms. The molecule has 0 saturated heterocycles. The van der Waals surface area contributed by atoms with Crippen LogP contribution < -0.4 is 11.1 Å². The van der Waals surface area contributed by atoms with Gasteiger partial charge in [0, 0.05) is 25.4 Å². The van der Waals surface area contributed by atoms with E-state index >= 15 is 0 Å². The fourth-order valence-corrected chi connectivity index (χ4v) is 1.05. The first kappa shape index (κ1) is 10.8. The zero-order valence-electron chi connectivity index (χ0n) is 8.32. The maximum Gasteiger partial charge on any atom is 0.220 e. The standard InChI is InChI=1S/C10H16N2O2/c1-8(11)7-12-10(13)5-4-9-3-2-6-14-9/h2-3,6,8H,4-5,7,11H2,1H3,(H,12,13). The van der Waals surface area contributed by atoms with E-state index in [9.17, 15) is 4.79 Å². The molecule has 0 saturated carbocycles. The lowest BCUT2D eigenvalue weighted by Gasteiger charge is -2.06. The molecule has 1 amide bonds. The van der Waals surface area contributed by atoms with Crippen LogP contribution in [-0.4, -0.2) is 18.5 Å². The molecule has 1 unspecified atom stereocenters. The monoisotopic (exact) mass is 196 g/mol. The van der Waals surface area contributed by atoms with Crippen LogP contribution in [0.25, 0.3) is 0 Å². The molecule has 0 radical (unpaired) electrons. The molecule has 1 atom stereocenters. The van der Waals surface area contributed by atoms with Gasteiger partial charge in [0.1, 0.15) is 5.76 Å². The van der Waals surface area contributed by atoms with Crippen molar-refractivity contribution in [3.8, 4) is 0 Å². The zero-order chi connectivity index (χ0) is 10.4. The van der Waals surface area contributed by atoms with Gasteiger partial charge in [0.25, 0.3) is 0 Å². The molecule has 0 aliphatic heterocycles. The van der Waals surface area contributed by atoms with Crippen LogP contribution in [0.2, 0.25) is 0 Å². The van der Waals surface area contributed by atoms with Crippen molar-refractivity contribution in [1.29, 1.82) is 0 Å². The second-order valence-corrected chi connectivity index (χ2v) is 3.36. The Morgan fingerprint density at radius 1 is 1.71 bits per heavy atom. The Balaban J connectivity index is 2.15. The van der Waals surface area contributed by atoms with Gasteiger partial charge < -0.3 is 15.5 Å². The molecular weight excluding hydrogens is 180 g/mol. The van der Waals surface area contributed by atoms with Crippen molar-refractivity contribution in [2.75, 3.05) is 6.54 Å². The number of nitrogens with two attached hydrogens (primary N) is 1. The van der Waals surface area contributed by atoms with Crippen LogP contribution in [0.15, 0.2) is 22.8 Å². The largest absolute Gasteiger partial charge is 0.469 e. The van der Waals surface area contributed by atoms with Crippen LogP contribution in [0.5, 0.6) is 0 Å². The first-order valence-electron chi connectivity index (χ1n) is 4.73. The van der Waals surface area contributed by atoms with Gasteiger partial charge in [-0.15, -0.1) is 0 Å². The zero-order valence-corrected chi connectivity index (χ0v) is 8.32. The third-order valence-corrected chi connectivity index (χ3v) is 1.80. The molecule has 1 heterocycles. The Bertz CT molecular complexity index is 268. The van der Waals surface area contributed by atoms with E-state index in [1.54, 1.807) is 6.26 Å². The second-order valence-electron chi connectivity index (χ2n) is 3.36. The summed E-state index contributed by atoms with van der Waals surface area (Å²) in [7, 11) is 0. The Morgan fingerprint density at radius 3 is 3.07 bits per heavy atom. The summed E-state index contributed by atoms with van der Waals surface area (Å²) in [5.41, 5.74) is 5.50. The van der Waals surface area contributed by atoms with E-state index < -0.39 is 0 Å². The van der Waals surface area contributed by atoms with Crippen LogP contribution in [0, 0.1) is 0 Å². The van der Waals surface area contributed by atoms with E-state index in [0.29, 0.717) is 19.4 Å². The van der Waals surface area contributed by atoms with Crippen molar-refractivity contribution in [3.63, 3.8) is 0 Å². The maximum atomic E-state index is 11.2. The van der Waals surface area contributed by atoms with Crippen LogP contribution in [-0.2, 0) is 11.2 Å². The van der Waals surface area contributed by atoms with Gasteiger partial charge in [-0.05, 0) is 19.1 Å². The molecule has 0 spiro atoms. The summed E-state index contributed by atoms with van der Waals surface area (Å²) in [4.78, 5) is 11.2. The molecule has 0 bridgehead atoms. The van der Waals surface area contributed by atoms with E-state index in [4.69, 9.17) is 10.2 Å². The Hall–Kier alpha value is -1.29. The minimum atomic E-state index is 0.00237. The molecule has 0 aliphatic carbocycles. The molecule has 1 rings (SSSR count). The summed E-state index contributed by atoms with van der Waals surface area (Å²) in [6.45, 7) is 2.38. The molecule has 78 valence electrons. The average Bonchev–Trinajstić information content (AvgIpc) is 2.63. The summed E-state index contributed by atoms with van der Waals surface area (Å²) >= 11 is 0. The normalized spacial score (nSPS) is 12.4. The number of aryl methyl sites for hydroxylation is 1. The van der Waals surface area contributed by atoms with Gasteiger partial charge in [-0.2, -0.15) is 0 Å². The van der Waals surface area contributed by atoms with Gasteiger partial charge in [-0.1, -0.05) is 0 Å². The van der Waals surface area contributed by atoms with Gasteiger partial charge >= 0.3 is 0 Å². The molecular formula is C10H16N2O2. The Morgan fingerprint density at radius 2 is 2.50 bits per heavy atom. The lowest BCUT2D eigenvalue weighted by molar-refractivity contribution is -0.121. The summed E-state index contributed by atoms with van der Waals surface area (Å²) in [5.74, 6) is 0.847. The van der Waals surface area contributed by atoms with Gasteiger partial charge in [-0.25, -0.2) is 0 Å². The number of hydrogen-bond acceptors (Lipinski definition) is 3. The van der Waals surface area contributed by atoms with Crippen molar-refractivity contribution >= 4 is 5.91 Å². The van der Waals surface area contributed by atoms with E-state index in [0.717, 1.165) is 5.76 Å². The Labute approximate surface area is 83.5 Å². The number of carbonyl (C=O) groups is 1. The highest BCUT2D eigenvalue weighted by Crippen LogP contribution is 2.02. The van der Waals surface area contributed by atoms with Gasteiger partial charge in [0.2, 0.25) is 5.91 Å². The highest BCUT2D eigenvalue weighted by Gasteiger charge is 2.03. The van der Waals surface area contributed by atoms with Crippen molar-refractivity contribution in [1.82, 2.24) is 5.32 Å². The summed E-state index contributed by atoms with van der Waals surface area (Å²) < 4.78 is 5.10. The number of carbonyl (C=O) groups excluding carboxylic acids is 1. The molecule has 3 N–H and O–H groups in total.